The minimum absolute atomic E-state index is 0.0107. The maximum Gasteiger partial charge on any atom is 0.255 e. The Morgan fingerprint density at radius 1 is 1.08 bits per heavy atom. The fourth-order valence-electron chi connectivity index (χ4n) is 3.37. The molecule has 1 fully saturated rings. The summed E-state index contributed by atoms with van der Waals surface area (Å²) in [6.07, 6.45) is 0.686. The standard InChI is InChI=1S/C19H18N2O3/c22-17-15-8-4-5-9-16(15)24-13-19(20-17)10-11-21(12-19)18(23)14-6-2-1-3-7-14/h1-9H,10-13H2,(H,20,22). The van der Waals surface area contributed by atoms with Gasteiger partial charge in [-0.3, -0.25) is 9.59 Å². The summed E-state index contributed by atoms with van der Waals surface area (Å²) in [6, 6.07) is 16.4. The van der Waals surface area contributed by atoms with Crippen LogP contribution in [0.1, 0.15) is 27.1 Å². The molecular formula is C19H18N2O3. The van der Waals surface area contributed by atoms with E-state index in [1.807, 2.05) is 42.5 Å². The molecule has 1 saturated heterocycles. The summed E-state index contributed by atoms with van der Waals surface area (Å²) in [5.41, 5.74) is 0.682. The van der Waals surface area contributed by atoms with Crippen molar-refractivity contribution < 1.29 is 14.3 Å². The van der Waals surface area contributed by atoms with Crippen LogP contribution in [0.5, 0.6) is 5.75 Å². The van der Waals surface area contributed by atoms with Crippen molar-refractivity contribution in [1.29, 1.82) is 0 Å². The van der Waals surface area contributed by atoms with E-state index >= 15 is 0 Å². The predicted octanol–water partition coefficient (Wildman–Crippen LogP) is 2.09. The van der Waals surface area contributed by atoms with Crippen LogP contribution < -0.4 is 10.1 Å². The average molecular weight is 322 g/mol. The number of hydrogen-bond donors (Lipinski definition) is 1. The van der Waals surface area contributed by atoms with Crippen molar-refractivity contribution in [2.24, 2.45) is 0 Å². The minimum atomic E-state index is -0.527. The number of fused-ring (bicyclic) bond motifs is 1. The Kier molecular flexibility index (Phi) is 3.49. The number of amides is 2. The number of ether oxygens (including phenoxy) is 1. The Morgan fingerprint density at radius 2 is 1.83 bits per heavy atom. The number of benzene rings is 2. The van der Waals surface area contributed by atoms with Gasteiger partial charge in [0.2, 0.25) is 0 Å². The zero-order chi connectivity index (χ0) is 16.6. The fraction of sp³-hybridized carbons (Fsp3) is 0.263. The summed E-state index contributed by atoms with van der Waals surface area (Å²) in [5.74, 6) is 0.445. The molecule has 2 aromatic carbocycles. The maximum atomic E-state index is 12.6. The molecule has 2 aliphatic heterocycles. The van der Waals surface area contributed by atoms with Gasteiger partial charge in [-0.1, -0.05) is 30.3 Å². The van der Waals surface area contributed by atoms with Crippen molar-refractivity contribution in [2.75, 3.05) is 19.7 Å². The number of likely N-dealkylation sites (tertiary alicyclic amines) is 1. The first-order valence-corrected chi connectivity index (χ1v) is 8.06. The second kappa shape index (κ2) is 5.67. The van der Waals surface area contributed by atoms with Crippen LogP contribution in [-0.2, 0) is 0 Å². The highest BCUT2D eigenvalue weighted by molar-refractivity contribution is 5.98. The molecule has 4 rings (SSSR count). The average Bonchev–Trinajstić information content (AvgIpc) is 2.98. The van der Waals surface area contributed by atoms with E-state index in [-0.39, 0.29) is 11.8 Å². The Bertz CT molecular complexity index is 790. The quantitative estimate of drug-likeness (QED) is 0.875. The predicted molar refractivity (Wildman–Crippen MR) is 89.1 cm³/mol. The number of hydrogen-bond acceptors (Lipinski definition) is 3. The normalized spacial score (nSPS) is 22.5. The Balaban J connectivity index is 1.54. The molecule has 0 aliphatic carbocycles. The van der Waals surface area contributed by atoms with E-state index in [0.717, 1.165) is 0 Å². The van der Waals surface area contributed by atoms with Crippen LogP contribution in [0.15, 0.2) is 54.6 Å². The molecule has 5 nitrogen and oxygen atoms in total. The summed E-state index contributed by atoms with van der Waals surface area (Å²) in [4.78, 5) is 26.9. The summed E-state index contributed by atoms with van der Waals surface area (Å²) in [5, 5.41) is 3.09. The number of nitrogens with one attached hydrogen (secondary N) is 1. The van der Waals surface area contributed by atoms with Crippen molar-refractivity contribution in [1.82, 2.24) is 10.2 Å². The van der Waals surface area contributed by atoms with Gasteiger partial charge in [-0.2, -0.15) is 0 Å². The van der Waals surface area contributed by atoms with E-state index in [2.05, 4.69) is 5.32 Å². The molecule has 0 bridgehead atoms. The third kappa shape index (κ3) is 2.52. The van der Waals surface area contributed by atoms with E-state index in [0.29, 0.717) is 43.0 Å². The van der Waals surface area contributed by atoms with E-state index in [1.165, 1.54) is 0 Å². The molecule has 1 spiro atoms. The van der Waals surface area contributed by atoms with Crippen LogP contribution in [0, 0.1) is 0 Å². The van der Waals surface area contributed by atoms with Crippen molar-refractivity contribution in [3.8, 4) is 5.75 Å². The molecule has 2 amide bonds. The van der Waals surface area contributed by atoms with Gasteiger partial charge in [0.05, 0.1) is 11.1 Å². The number of para-hydroxylation sites is 1. The monoisotopic (exact) mass is 322 g/mol. The number of carbonyl (C=O) groups is 2. The third-order valence-electron chi connectivity index (χ3n) is 4.68. The molecular weight excluding hydrogens is 304 g/mol. The zero-order valence-electron chi connectivity index (χ0n) is 13.2. The molecule has 1 N–H and O–H groups in total. The first-order chi connectivity index (χ1) is 11.7. The molecule has 0 aromatic heterocycles. The van der Waals surface area contributed by atoms with Gasteiger partial charge in [0, 0.05) is 18.7 Å². The smallest absolute Gasteiger partial charge is 0.255 e. The van der Waals surface area contributed by atoms with Gasteiger partial charge < -0.3 is 15.0 Å². The SMILES string of the molecule is O=C1NC2(CCN(C(=O)c3ccccc3)C2)COc2ccccc21. The van der Waals surface area contributed by atoms with E-state index < -0.39 is 5.54 Å². The second-order valence-electron chi connectivity index (χ2n) is 6.36. The minimum Gasteiger partial charge on any atom is -0.490 e. The first-order valence-electron chi connectivity index (χ1n) is 8.06. The summed E-state index contributed by atoms with van der Waals surface area (Å²) >= 11 is 0. The third-order valence-corrected chi connectivity index (χ3v) is 4.68. The summed E-state index contributed by atoms with van der Waals surface area (Å²) in [7, 11) is 0. The second-order valence-corrected chi connectivity index (χ2v) is 6.36. The van der Waals surface area contributed by atoms with Gasteiger partial charge in [-0.25, -0.2) is 0 Å². The topological polar surface area (TPSA) is 58.6 Å². The number of nitrogens with zero attached hydrogens (tertiary/aromatic N) is 1. The Hall–Kier alpha value is -2.82. The van der Waals surface area contributed by atoms with Gasteiger partial charge in [-0.05, 0) is 30.7 Å². The molecule has 2 aliphatic rings. The van der Waals surface area contributed by atoms with E-state index in [4.69, 9.17) is 4.74 Å². The molecule has 24 heavy (non-hydrogen) atoms. The molecule has 5 heteroatoms. The van der Waals surface area contributed by atoms with Crippen LogP contribution in [0.2, 0.25) is 0 Å². The van der Waals surface area contributed by atoms with E-state index in [9.17, 15) is 9.59 Å². The largest absolute Gasteiger partial charge is 0.490 e. The molecule has 2 heterocycles. The molecule has 1 unspecified atom stereocenters. The molecule has 1 atom stereocenters. The number of carbonyl (C=O) groups excluding carboxylic acids is 2. The van der Waals surface area contributed by atoms with Gasteiger partial charge in [0.25, 0.3) is 11.8 Å². The fourth-order valence-corrected chi connectivity index (χ4v) is 3.37. The molecule has 2 aromatic rings. The van der Waals surface area contributed by atoms with Crippen LogP contribution in [-0.4, -0.2) is 41.9 Å². The number of rotatable bonds is 1. The molecule has 122 valence electrons. The highest BCUT2D eigenvalue weighted by atomic mass is 16.5. The highest BCUT2D eigenvalue weighted by Crippen LogP contribution is 2.29. The van der Waals surface area contributed by atoms with Crippen LogP contribution >= 0.6 is 0 Å². The Morgan fingerprint density at radius 3 is 2.67 bits per heavy atom. The van der Waals surface area contributed by atoms with E-state index in [1.54, 1.807) is 17.0 Å². The summed E-state index contributed by atoms with van der Waals surface area (Å²) < 4.78 is 5.87. The zero-order valence-corrected chi connectivity index (χ0v) is 13.2. The highest BCUT2D eigenvalue weighted by Gasteiger charge is 2.44. The lowest BCUT2D eigenvalue weighted by Crippen LogP contribution is -2.53. The van der Waals surface area contributed by atoms with Gasteiger partial charge >= 0.3 is 0 Å². The molecule has 0 saturated carbocycles. The lowest BCUT2D eigenvalue weighted by molar-refractivity contribution is 0.0753. The van der Waals surface area contributed by atoms with Gasteiger partial charge in [0.1, 0.15) is 12.4 Å². The lowest BCUT2D eigenvalue weighted by Gasteiger charge is -2.28. The molecule has 0 radical (unpaired) electrons. The Labute approximate surface area is 140 Å². The van der Waals surface area contributed by atoms with Crippen LogP contribution in [0.4, 0.5) is 0 Å². The van der Waals surface area contributed by atoms with Crippen LogP contribution in [0.25, 0.3) is 0 Å². The first kappa shape index (κ1) is 14.8. The summed E-state index contributed by atoms with van der Waals surface area (Å²) in [6.45, 7) is 1.43. The lowest BCUT2D eigenvalue weighted by atomic mass is 9.99. The van der Waals surface area contributed by atoms with Crippen molar-refractivity contribution in [3.63, 3.8) is 0 Å². The van der Waals surface area contributed by atoms with Crippen LogP contribution in [0.3, 0.4) is 0 Å². The van der Waals surface area contributed by atoms with Crippen molar-refractivity contribution in [3.05, 3.63) is 65.7 Å². The van der Waals surface area contributed by atoms with Crippen molar-refractivity contribution >= 4 is 11.8 Å². The van der Waals surface area contributed by atoms with Crippen molar-refractivity contribution in [2.45, 2.75) is 12.0 Å². The van der Waals surface area contributed by atoms with Gasteiger partial charge in [0.15, 0.2) is 0 Å². The maximum absolute atomic E-state index is 12.6. The van der Waals surface area contributed by atoms with Gasteiger partial charge in [-0.15, -0.1) is 0 Å².